The molecule has 0 aliphatic rings. The minimum atomic E-state index is 0.537. The molecular weight excluding hydrogens is 295 g/mol. The Morgan fingerprint density at radius 3 is 2.59 bits per heavy atom. The van der Waals surface area contributed by atoms with Gasteiger partial charge in [0.25, 0.3) is 0 Å². The van der Waals surface area contributed by atoms with E-state index in [0.29, 0.717) is 19.2 Å². The van der Waals surface area contributed by atoms with Crippen molar-refractivity contribution in [3.63, 3.8) is 0 Å². The number of nitrogens with two attached hydrogens (primary N) is 1. The Morgan fingerprint density at radius 1 is 1.41 bits per heavy atom. The van der Waals surface area contributed by atoms with E-state index in [1.807, 2.05) is 13.0 Å². The lowest BCUT2D eigenvalue weighted by molar-refractivity contribution is 1.16. The van der Waals surface area contributed by atoms with Crippen molar-refractivity contribution >= 4 is 51.6 Å². The summed E-state index contributed by atoms with van der Waals surface area (Å²) in [5.74, 6) is 0. The molecule has 0 saturated carbocycles. The number of nitrogens with zero attached hydrogens (tertiary/aromatic N) is 1. The number of halogens is 2. The van der Waals surface area contributed by atoms with Crippen LogP contribution in [0.5, 0.6) is 0 Å². The second-order valence-electron chi connectivity index (χ2n) is 3.36. The van der Waals surface area contributed by atoms with E-state index in [1.165, 1.54) is 22.7 Å². The van der Waals surface area contributed by atoms with Crippen LogP contribution < -0.4 is 5.73 Å². The van der Waals surface area contributed by atoms with E-state index in [0.717, 1.165) is 22.4 Å². The Hall–Kier alpha value is -0.730. The molecule has 2 aromatic heterocycles. The minimum Gasteiger partial charge on any atom is -0.397 e. The van der Waals surface area contributed by atoms with Crippen molar-refractivity contribution in [1.82, 2.24) is 0 Å². The molecule has 0 fully saturated rings. The van der Waals surface area contributed by atoms with E-state index in [4.69, 9.17) is 34.2 Å². The number of nitrogen functional groups attached to an aromatic ring is 1. The molecule has 0 spiro atoms. The van der Waals surface area contributed by atoms with E-state index in [2.05, 4.69) is 6.07 Å². The first kappa shape index (κ1) is 12.7. The van der Waals surface area contributed by atoms with Crippen LogP contribution in [0.2, 0.25) is 8.67 Å². The molecule has 2 heterocycles. The van der Waals surface area contributed by atoms with Gasteiger partial charge in [-0.15, -0.1) is 22.7 Å². The molecule has 17 heavy (non-hydrogen) atoms. The molecule has 6 heteroatoms. The highest BCUT2D eigenvalue weighted by atomic mass is 35.5. The number of rotatable bonds is 2. The van der Waals surface area contributed by atoms with Gasteiger partial charge in [0.15, 0.2) is 0 Å². The number of hydrogen-bond acceptors (Lipinski definition) is 4. The quantitative estimate of drug-likeness (QED) is 0.866. The molecular formula is C11H8Cl2N2S2. The molecule has 2 nitrogen and oxygen atoms in total. The highest BCUT2D eigenvalue weighted by Crippen LogP contribution is 2.45. The topological polar surface area (TPSA) is 49.8 Å². The normalized spacial score (nSPS) is 10.5. The third-order valence-electron chi connectivity index (χ3n) is 2.40. The van der Waals surface area contributed by atoms with Gasteiger partial charge < -0.3 is 5.73 Å². The predicted molar refractivity (Wildman–Crippen MR) is 76.2 cm³/mol. The molecule has 88 valence electrons. The van der Waals surface area contributed by atoms with Gasteiger partial charge in [-0.2, -0.15) is 5.26 Å². The second kappa shape index (κ2) is 4.87. The number of anilines is 1. The highest BCUT2D eigenvalue weighted by molar-refractivity contribution is 7.21. The summed E-state index contributed by atoms with van der Waals surface area (Å²) < 4.78 is 1.27. The van der Waals surface area contributed by atoms with Gasteiger partial charge in [-0.25, -0.2) is 0 Å². The average molecular weight is 303 g/mol. The van der Waals surface area contributed by atoms with Gasteiger partial charge in [0, 0.05) is 10.4 Å². The Kier molecular flexibility index (Phi) is 3.64. The SMILES string of the molecule is CCc1c(-c2cc(Cl)sc2Cl)sc(C#N)c1N. The van der Waals surface area contributed by atoms with Crippen molar-refractivity contribution in [1.29, 1.82) is 5.26 Å². The average Bonchev–Trinajstić information content (AvgIpc) is 2.78. The van der Waals surface area contributed by atoms with Gasteiger partial charge in [0.05, 0.1) is 10.0 Å². The molecule has 0 aromatic carbocycles. The van der Waals surface area contributed by atoms with E-state index in [-0.39, 0.29) is 0 Å². The summed E-state index contributed by atoms with van der Waals surface area (Å²) in [7, 11) is 0. The van der Waals surface area contributed by atoms with Gasteiger partial charge >= 0.3 is 0 Å². The summed E-state index contributed by atoms with van der Waals surface area (Å²) >= 11 is 14.8. The van der Waals surface area contributed by atoms with E-state index >= 15 is 0 Å². The maximum absolute atomic E-state index is 9.00. The van der Waals surface area contributed by atoms with Crippen LogP contribution in [0, 0.1) is 11.3 Å². The third-order valence-corrected chi connectivity index (χ3v) is 5.08. The van der Waals surface area contributed by atoms with Crippen molar-refractivity contribution in [2.75, 3.05) is 5.73 Å². The monoisotopic (exact) mass is 302 g/mol. The predicted octanol–water partition coefficient (Wildman–Crippen LogP) is 4.80. The van der Waals surface area contributed by atoms with Gasteiger partial charge in [-0.3, -0.25) is 0 Å². The summed E-state index contributed by atoms with van der Waals surface area (Å²) in [4.78, 5) is 1.49. The molecule has 0 unspecified atom stereocenters. The van der Waals surface area contributed by atoms with Crippen LogP contribution in [-0.2, 0) is 6.42 Å². The van der Waals surface area contributed by atoms with Crippen molar-refractivity contribution in [3.8, 4) is 16.5 Å². The molecule has 0 aliphatic heterocycles. The van der Waals surface area contributed by atoms with Crippen LogP contribution in [-0.4, -0.2) is 0 Å². The lowest BCUT2D eigenvalue weighted by Crippen LogP contribution is -1.91. The highest BCUT2D eigenvalue weighted by Gasteiger charge is 2.19. The first-order chi connectivity index (χ1) is 8.08. The van der Waals surface area contributed by atoms with Crippen molar-refractivity contribution in [3.05, 3.63) is 25.2 Å². The van der Waals surface area contributed by atoms with Gasteiger partial charge in [-0.05, 0) is 18.1 Å². The zero-order chi connectivity index (χ0) is 12.6. The van der Waals surface area contributed by atoms with E-state index in [9.17, 15) is 0 Å². The Labute approximate surface area is 117 Å². The molecule has 2 aromatic rings. The molecule has 0 saturated heterocycles. The van der Waals surface area contributed by atoms with Gasteiger partial charge in [0.2, 0.25) is 0 Å². The smallest absolute Gasteiger partial charge is 0.128 e. The van der Waals surface area contributed by atoms with Crippen LogP contribution in [0.4, 0.5) is 5.69 Å². The zero-order valence-electron chi connectivity index (χ0n) is 8.88. The molecule has 2 N–H and O–H groups in total. The van der Waals surface area contributed by atoms with Crippen molar-refractivity contribution < 1.29 is 0 Å². The lowest BCUT2D eigenvalue weighted by Gasteiger charge is -2.00. The Bertz CT molecular complexity index is 608. The van der Waals surface area contributed by atoms with Crippen LogP contribution in [0.1, 0.15) is 17.4 Å². The maximum atomic E-state index is 9.00. The van der Waals surface area contributed by atoms with Crippen molar-refractivity contribution in [2.24, 2.45) is 0 Å². The Morgan fingerprint density at radius 2 is 2.12 bits per heavy atom. The summed E-state index contributed by atoms with van der Waals surface area (Å²) in [5, 5.41) is 9.00. The van der Waals surface area contributed by atoms with E-state index < -0.39 is 0 Å². The summed E-state index contributed by atoms with van der Waals surface area (Å²) in [5.41, 5.74) is 8.34. The first-order valence-corrected chi connectivity index (χ1v) is 7.23. The number of nitriles is 1. The third kappa shape index (κ3) is 2.16. The van der Waals surface area contributed by atoms with Crippen LogP contribution in [0.3, 0.4) is 0 Å². The minimum absolute atomic E-state index is 0.537. The molecule has 0 radical (unpaired) electrons. The molecule has 0 aliphatic carbocycles. The summed E-state index contributed by atoms with van der Waals surface area (Å²) in [6.07, 6.45) is 0.767. The number of hydrogen-bond donors (Lipinski definition) is 1. The maximum Gasteiger partial charge on any atom is 0.128 e. The standard InChI is InChI=1S/C11H8Cl2N2S2/c1-2-5-9(15)7(4-14)16-10(5)6-3-8(12)17-11(6)13/h3H,2,15H2,1H3. The molecule has 0 atom stereocenters. The fraction of sp³-hybridized carbons (Fsp3) is 0.182. The van der Waals surface area contributed by atoms with Gasteiger partial charge in [0.1, 0.15) is 15.3 Å². The Balaban J connectivity index is 2.68. The van der Waals surface area contributed by atoms with Gasteiger partial charge in [-0.1, -0.05) is 30.1 Å². The van der Waals surface area contributed by atoms with Crippen molar-refractivity contribution in [2.45, 2.75) is 13.3 Å². The molecule has 0 bridgehead atoms. The number of thiophene rings is 2. The van der Waals surface area contributed by atoms with E-state index in [1.54, 1.807) is 0 Å². The van der Waals surface area contributed by atoms with Crippen LogP contribution >= 0.6 is 45.9 Å². The second-order valence-corrected chi connectivity index (χ2v) is 6.66. The largest absolute Gasteiger partial charge is 0.397 e. The van der Waals surface area contributed by atoms with Crippen LogP contribution in [0.25, 0.3) is 10.4 Å². The first-order valence-electron chi connectivity index (χ1n) is 4.84. The summed E-state index contributed by atoms with van der Waals surface area (Å²) in [6.45, 7) is 2.00. The molecule has 0 amide bonds. The fourth-order valence-electron chi connectivity index (χ4n) is 1.62. The summed E-state index contributed by atoms with van der Waals surface area (Å²) in [6, 6.07) is 3.93. The fourth-order valence-corrected chi connectivity index (χ4v) is 4.35. The van der Waals surface area contributed by atoms with Crippen LogP contribution in [0.15, 0.2) is 6.07 Å². The lowest BCUT2D eigenvalue weighted by atomic mass is 10.1. The molecule has 2 rings (SSSR count). The zero-order valence-corrected chi connectivity index (χ0v) is 12.0.